The first-order valence-corrected chi connectivity index (χ1v) is 7.50. The molecule has 126 valence electrons. The van der Waals surface area contributed by atoms with Gasteiger partial charge in [-0.25, -0.2) is 9.59 Å². The molecule has 2 atom stereocenters. The minimum atomic E-state index is -0.654. The van der Waals surface area contributed by atoms with Gasteiger partial charge in [-0.15, -0.1) is 0 Å². The number of methoxy groups -OCH3 is 1. The molecule has 2 rings (SSSR count). The first kappa shape index (κ1) is 17.1. The number of piperidine rings is 1. The van der Waals surface area contributed by atoms with Gasteiger partial charge in [-0.3, -0.25) is 9.59 Å². The van der Waals surface area contributed by atoms with Crippen molar-refractivity contribution in [2.45, 2.75) is 31.4 Å². The second-order valence-electron chi connectivity index (χ2n) is 5.48. The van der Waals surface area contributed by atoms with Crippen LogP contribution in [0.4, 0.5) is 0 Å². The Morgan fingerprint density at radius 1 is 1.17 bits per heavy atom. The number of amides is 1. The Hall–Kier alpha value is -2.22. The van der Waals surface area contributed by atoms with Gasteiger partial charge in [0, 0.05) is 51.0 Å². The predicted octanol–water partition coefficient (Wildman–Crippen LogP) is -0.819. The van der Waals surface area contributed by atoms with E-state index < -0.39 is 24.1 Å². The molecule has 23 heavy (non-hydrogen) atoms. The van der Waals surface area contributed by atoms with E-state index >= 15 is 0 Å². The maximum atomic E-state index is 12.3. The van der Waals surface area contributed by atoms with Gasteiger partial charge >= 0.3 is 11.9 Å². The highest BCUT2D eigenvalue weighted by Crippen LogP contribution is 2.15. The van der Waals surface area contributed by atoms with Crippen LogP contribution in [-0.4, -0.2) is 67.4 Å². The van der Waals surface area contributed by atoms with Crippen LogP contribution >= 0.6 is 0 Å². The van der Waals surface area contributed by atoms with Gasteiger partial charge in [0.2, 0.25) is 5.91 Å². The van der Waals surface area contributed by atoms with Crippen LogP contribution in [0, 0.1) is 0 Å². The number of rotatable bonds is 4. The van der Waals surface area contributed by atoms with Crippen molar-refractivity contribution < 1.29 is 28.7 Å². The fourth-order valence-electron chi connectivity index (χ4n) is 2.59. The monoisotopic (exact) mass is 324 g/mol. The van der Waals surface area contributed by atoms with E-state index in [1.54, 1.807) is 4.90 Å². The van der Waals surface area contributed by atoms with Gasteiger partial charge in [0.25, 0.3) is 0 Å². The molecule has 0 aromatic heterocycles. The number of ether oxygens (including phenoxy) is 2. The molecule has 0 spiro atoms. The van der Waals surface area contributed by atoms with Crippen LogP contribution in [0.3, 0.4) is 0 Å². The van der Waals surface area contributed by atoms with Gasteiger partial charge in [0.15, 0.2) is 0 Å². The molecule has 2 aliphatic rings. The molecule has 2 saturated heterocycles. The van der Waals surface area contributed by atoms with Crippen LogP contribution in [0.15, 0.2) is 12.2 Å². The lowest BCUT2D eigenvalue weighted by Crippen LogP contribution is -2.47. The number of likely N-dealkylation sites (tertiary alicyclic amines) is 1. The zero-order chi connectivity index (χ0) is 16.8. The number of hydrogen-bond donors (Lipinski definition) is 1. The molecule has 2 aliphatic heterocycles. The number of hydrogen-bond acceptors (Lipinski definition) is 7. The molecule has 0 aromatic carbocycles. The molecule has 2 fully saturated rings. The SMILES string of the molecule is COC(=O)/C=C/C(=O)O[C@H]1CN[C@H](C(=O)N2CCC(=O)CC2)C1. The summed E-state index contributed by atoms with van der Waals surface area (Å²) in [4.78, 5) is 47.6. The first-order valence-electron chi connectivity index (χ1n) is 7.50. The Kier molecular flexibility index (Phi) is 5.86. The van der Waals surface area contributed by atoms with Crippen molar-refractivity contribution in [3.05, 3.63) is 12.2 Å². The number of Topliss-reactive ketones (excluding diaryl/α,β-unsaturated/α-hetero) is 1. The summed E-state index contributed by atoms with van der Waals surface area (Å²) in [7, 11) is 1.21. The van der Waals surface area contributed by atoms with E-state index in [1.807, 2.05) is 0 Å². The smallest absolute Gasteiger partial charge is 0.331 e. The van der Waals surface area contributed by atoms with Crippen molar-refractivity contribution in [3.63, 3.8) is 0 Å². The number of carbonyl (C=O) groups is 4. The number of esters is 2. The fourth-order valence-corrected chi connectivity index (χ4v) is 2.59. The number of carbonyl (C=O) groups excluding carboxylic acids is 4. The Bertz CT molecular complexity index is 520. The fraction of sp³-hybridized carbons (Fsp3) is 0.600. The van der Waals surface area contributed by atoms with Gasteiger partial charge in [-0.05, 0) is 0 Å². The van der Waals surface area contributed by atoms with E-state index in [0.29, 0.717) is 38.9 Å². The minimum Gasteiger partial charge on any atom is -0.466 e. The average molecular weight is 324 g/mol. The lowest BCUT2D eigenvalue weighted by molar-refractivity contribution is -0.144. The summed E-state index contributed by atoms with van der Waals surface area (Å²) in [6.07, 6.45) is 2.73. The van der Waals surface area contributed by atoms with Crippen molar-refractivity contribution in [1.82, 2.24) is 10.2 Å². The molecule has 8 heteroatoms. The van der Waals surface area contributed by atoms with Gasteiger partial charge in [-0.1, -0.05) is 0 Å². The summed E-state index contributed by atoms with van der Waals surface area (Å²) >= 11 is 0. The predicted molar refractivity (Wildman–Crippen MR) is 78.3 cm³/mol. The van der Waals surface area contributed by atoms with Gasteiger partial charge in [0.05, 0.1) is 13.2 Å². The summed E-state index contributed by atoms with van der Waals surface area (Å²) in [5, 5.41) is 3.03. The maximum absolute atomic E-state index is 12.3. The molecule has 0 radical (unpaired) electrons. The summed E-state index contributed by atoms with van der Waals surface area (Å²) in [6, 6.07) is -0.411. The van der Waals surface area contributed by atoms with Crippen molar-refractivity contribution in [3.8, 4) is 0 Å². The molecule has 0 aromatic rings. The Balaban J connectivity index is 1.78. The van der Waals surface area contributed by atoms with Crippen molar-refractivity contribution in [1.29, 1.82) is 0 Å². The third-order valence-corrected chi connectivity index (χ3v) is 3.86. The standard InChI is InChI=1S/C15H20N2O6/c1-22-13(19)2-3-14(20)23-11-8-12(16-9-11)15(21)17-6-4-10(18)5-7-17/h2-3,11-12,16H,4-9H2,1H3/b3-2+/t11-,12+/m1/s1. The number of nitrogens with zero attached hydrogens (tertiary/aromatic N) is 1. The third kappa shape index (κ3) is 4.88. The van der Waals surface area contributed by atoms with E-state index in [-0.39, 0.29) is 11.7 Å². The van der Waals surface area contributed by atoms with Crippen molar-refractivity contribution in [2.24, 2.45) is 0 Å². The van der Waals surface area contributed by atoms with Crippen LogP contribution < -0.4 is 5.32 Å². The summed E-state index contributed by atoms with van der Waals surface area (Å²) in [5.41, 5.74) is 0. The molecule has 0 bridgehead atoms. The second kappa shape index (κ2) is 7.87. The van der Waals surface area contributed by atoms with Gasteiger partial charge in [0.1, 0.15) is 11.9 Å². The highest BCUT2D eigenvalue weighted by atomic mass is 16.5. The van der Waals surface area contributed by atoms with E-state index in [1.165, 1.54) is 7.11 Å². The molecular formula is C15H20N2O6. The van der Waals surface area contributed by atoms with Crippen LogP contribution in [0.5, 0.6) is 0 Å². The zero-order valence-corrected chi connectivity index (χ0v) is 12.9. The topological polar surface area (TPSA) is 102 Å². The summed E-state index contributed by atoms with van der Waals surface area (Å²) in [6.45, 7) is 1.27. The molecule has 0 saturated carbocycles. The minimum absolute atomic E-state index is 0.0684. The molecule has 1 amide bonds. The lowest BCUT2D eigenvalue weighted by atomic mass is 10.1. The van der Waals surface area contributed by atoms with Crippen LogP contribution in [0.2, 0.25) is 0 Å². The Morgan fingerprint density at radius 3 is 2.48 bits per heavy atom. The Morgan fingerprint density at radius 2 is 1.83 bits per heavy atom. The van der Waals surface area contributed by atoms with E-state index in [2.05, 4.69) is 10.1 Å². The third-order valence-electron chi connectivity index (χ3n) is 3.86. The Labute approximate surface area is 133 Å². The molecule has 0 unspecified atom stereocenters. The first-order chi connectivity index (χ1) is 11.0. The van der Waals surface area contributed by atoms with Crippen molar-refractivity contribution >= 4 is 23.6 Å². The summed E-state index contributed by atoms with van der Waals surface area (Å²) < 4.78 is 9.54. The largest absolute Gasteiger partial charge is 0.466 e. The number of nitrogens with one attached hydrogen (secondary N) is 1. The normalized spacial score (nSPS) is 24.7. The van der Waals surface area contributed by atoms with E-state index in [4.69, 9.17) is 4.74 Å². The van der Waals surface area contributed by atoms with Gasteiger partial charge < -0.3 is 19.7 Å². The quantitative estimate of drug-likeness (QED) is 0.532. The second-order valence-corrected chi connectivity index (χ2v) is 5.48. The highest BCUT2D eigenvalue weighted by molar-refractivity contribution is 5.91. The van der Waals surface area contributed by atoms with E-state index in [9.17, 15) is 19.2 Å². The molecular weight excluding hydrogens is 304 g/mol. The molecule has 2 heterocycles. The van der Waals surface area contributed by atoms with E-state index in [0.717, 1.165) is 12.2 Å². The lowest BCUT2D eigenvalue weighted by Gasteiger charge is -2.28. The van der Waals surface area contributed by atoms with Crippen LogP contribution in [0.25, 0.3) is 0 Å². The van der Waals surface area contributed by atoms with Crippen LogP contribution in [0.1, 0.15) is 19.3 Å². The zero-order valence-electron chi connectivity index (χ0n) is 12.9. The number of ketones is 1. The maximum Gasteiger partial charge on any atom is 0.331 e. The highest BCUT2D eigenvalue weighted by Gasteiger charge is 2.34. The van der Waals surface area contributed by atoms with Crippen LogP contribution in [-0.2, 0) is 28.7 Å². The molecule has 0 aliphatic carbocycles. The molecule has 8 nitrogen and oxygen atoms in total. The molecule has 1 N–H and O–H groups in total. The average Bonchev–Trinajstić information content (AvgIpc) is 3.01. The summed E-state index contributed by atoms with van der Waals surface area (Å²) in [5.74, 6) is -1.18. The van der Waals surface area contributed by atoms with Crippen molar-refractivity contribution in [2.75, 3.05) is 26.7 Å². The van der Waals surface area contributed by atoms with Gasteiger partial charge in [-0.2, -0.15) is 0 Å².